The van der Waals surface area contributed by atoms with Crippen LogP contribution in [0.2, 0.25) is 0 Å². The number of nitrogens with zero attached hydrogens (tertiary/aromatic N) is 5. The van der Waals surface area contributed by atoms with Gasteiger partial charge in [-0.3, -0.25) is 29.0 Å². The molecule has 0 bridgehead atoms. The highest BCUT2D eigenvalue weighted by Crippen LogP contribution is 2.33. The molecule has 0 radical (unpaired) electrons. The molecular formula is C47H74N6O5S. The highest BCUT2D eigenvalue weighted by molar-refractivity contribution is 7.99. The van der Waals surface area contributed by atoms with Crippen molar-refractivity contribution < 1.29 is 23.9 Å². The van der Waals surface area contributed by atoms with Gasteiger partial charge in [0.1, 0.15) is 6.04 Å². The lowest BCUT2D eigenvalue weighted by atomic mass is 9.89. The first kappa shape index (κ1) is 48.2. The molecule has 4 amide bonds. The largest absolute Gasteiger partial charge is 0.379 e. The van der Waals surface area contributed by atoms with E-state index >= 15 is 0 Å². The first-order chi connectivity index (χ1) is 28.1. The lowest BCUT2D eigenvalue weighted by Crippen LogP contribution is -2.59. The molecule has 12 heteroatoms. The minimum absolute atomic E-state index is 0.0130. The lowest BCUT2D eigenvalue weighted by molar-refractivity contribution is -0.146. The summed E-state index contributed by atoms with van der Waals surface area (Å²) in [5.41, 5.74) is 2.50. The fourth-order valence-corrected chi connectivity index (χ4v) is 10.3. The van der Waals surface area contributed by atoms with Gasteiger partial charge in [-0.05, 0) is 62.1 Å². The van der Waals surface area contributed by atoms with Gasteiger partial charge in [-0.15, -0.1) is 0 Å². The molecule has 328 valence electrons. The number of amides is 4. The number of rotatable bonds is 20. The average Bonchev–Trinajstić information content (AvgIpc) is 3.72. The Morgan fingerprint density at radius 2 is 1.39 bits per heavy atom. The Bertz CT molecular complexity index is 1570. The number of thioether (sulfide) groups is 1. The number of benzene rings is 2. The number of piperazine rings is 1. The molecule has 2 saturated heterocycles. The van der Waals surface area contributed by atoms with Gasteiger partial charge in [-0.1, -0.05) is 109 Å². The number of carbonyl (C=O) groups excluding carboxylic acids is 4. The van der Waals surface area contributed by atoms with Crippen LogP contribution in [-0.4, -0.2) is 151 Å². The van der Waals surface area contributed by atoms with Crippen molar-refractivity contribution in [3.63, 3.8) is 0 Å². The first-order valence-corrected chi connectivity index (χ1v) is 23.1. The summed E-state index contributed by atoms with van der Waals surface area (Å²) in [4.78, 5) is 66.2. The number of hydrogen-bond donors (Lipinski definition) is 1. The van der Waals surface area contributed by atoms with Crippen LogP contribution in [0.4, 0.5) is 0 Å². The maximum absolute atomic E-state index is 14.3. The summed E-state index contributed by atoms with van der Waals surface area (Å²) in [6.07, 6.45) is 4.50. The molecule has 0 aliphatic carbocycles. The SMILES string of the molecule is CCC(C)C(C(CC(=O)N1CCCC1C(CC(=O)N1CCN(C(c2ccccc2)c2ccccc2)CC1)SC)OC)N(C)C(=O)C(NC(=O)C(C(C)C)N(C)C)C(C)C. The summed E-state index contributed by atoms with van der Waals surface area (Å²) < 4.78 is 6.10. The van der Waals surface area contributed by atoms with Gasteiger partial charge >= 0.3 is 0 Å². The van der Waals surface area contributed by atoms with Gasteiger partial charge < -0.3 is 24.8 Å². The van der Waals surface area contributed by atoms with Crippen LogP contribution in [0.25, 0.3) is 0 Å². The van der Waals surface area contributed by atoms with Crippen LogP contribution in [0.5, 0.6) is 0 Å². The van der Waals surface area contributed by atoms with Crippen LogP contribution in [0.1, 0.15) is 90.8 Å². The smallest absolute Gasteiger partial charge is 0.245 e. The zero-order chi connectivity index (χ0) is 43.4. The summed E-state index contributed by atoms with van der Waals surface area (Å²) in [5, 5.41) is 3.04. The molecular weight excluding hydrogens is 761 g/mol. The van der Waals surface area contributed by atoms with E-state index in [-0.39, 0.29) is 71.2 Å². The number of methoxy groups -OCH3 is 1. The van der Waals surface area contributed by atoms with Gasteiger partial charge in [-0.2, -0.15) is 11.8 Å². The van der Waals surface area contributed by atoms with Gasteiger partial charge in [0, 0.05) is 64.6 Å². The van der Waals surface area contributed by atoms with Crippen molar-refractivity contribution in [1.82, 2.24) is 29.8 Å². The third-order valence-corrected chi connectivity index (χ3v) is 13.8. The van der Waals surface area contributed by atoms with E-state index in [9.17, 15) is 19.2 Å². The number of likely N-dealkylation sites (N-methyl/N-ethyl adjacent to an activating group) is 2. The fraction of sp³-hybridized carbons (Fsp3) is 0.660. The highest BCUT2D eigenvalue weighted by atomic mass is 32.2. The van der Waals surface area contributed by atoms with Crippen LogP contribution in [-0.2, 0) is 23.9 Å². The van der Waals surface area contributed by atoms with Crippen LogP contribution in [0.15, 0.2) is 60.7 Å². The Morgan fingerprint density at radius 1 is 0.814 bits per heavy atom. The van der Waals surface area contributed by atoms with Gasteiger partial charge in [0.05, 0.1) is 30.7 Å². The van der Waals surface area contributed by atoms with Crippen molar-refractivity contribution in [3.8, 4) is 0 Å². The lowest BCUT2D eigenvalue weighted by Gasteiger charge is -2.41. The standard InChI is InChI=1S/C47H74N6O5S/c1-12-34(6)44(50(9)47(57)42(32(2)3)48-46(56)43(33(4)5)49(7)8)38(58-10)30-41(55)53-25-19-24-37(53)39(59-11)31-40(54)51-26-28-52(29-27-51)45(35-20-15-13-16-21-35)36-22-17-14-18-23-36/h13-18,20-23,32-34,37-39,42-45H,12,19,24-31H2,1-11H3,(H,48,56). The molecule has 11 nitrogen and oxygen atoms in total. The predicted molar refractivity (Wildman–Crippen MR) is 240 cm³/mol. The molecule has 2 aromatic carbocycles. The summed E-state index contributed by atoms with van der Waals surface area (Å²) in [6, 6.07) is 19.8. The quantitative estimate of drug-likeness (QED) is 0.172. The van der Waals surface area contributed by atoms with Crippen molar-refractivity contribution in [2.45, 2.75) is 115 Å². The Hall–Kier alpha value is -3.45. The van der Waals surface area contributed by atoms with Crippen LogP contribution in [0, 0.1) is 17.8 Å². The third kappa shape index (κ3) is 12.3. The number of likely N-dealkylation sites (tertiary alicyclic amines) is 1. The highest BCUT2D eigenvalue weighted by Gasteiger charge is 2.42. The molecule has 59 heavy (non-hydrogen) atoms. The van der Waals surface area contributed by atoms with Crippen molar-refractivity contribution >= 4 is 35.4 Å². The normalized spacial score (nSPS) is 19.5. The molecule has 7 unspecified atom stereocenters. The van der Waals surface area contributed by atoms with E-state index in [0.29, 0.717) is 26.1 Å². The van der Waals surface area contributed by atoms with Crippen molar-refractivity contribution in [1.29, 1.82) is 0 Å². The number of ether oxygens (including phenoxy) is 1. The van der Waals surface area contributed by atoms with Crippen LogP contribution in [0.3, 0.4) is 0 Å². The molecule has 4 rings (SSSR count). The van der Waals surface area contributed by atoms with E-state index in [1.54, 1.807) is 30.8 Å². The Kier molecular flexibility index (Phi) is 18.8. The Labute approximate surface area is 359 Å². The molecule has 1 N–H and O–H groups in total. The second kappa shape index (κ2) is 23.0. The number of carbonyl (C=O) groups is 4. The molecule has 0 aromatic heterocycles. The summed E-state index contributed by atoms with van der Waals surface area (Å²) in [6.45, 7) is 15.6. The van der Waals surface area contributed by atoms with Gasteiger partial charge in [-0.25, -0.2) is 0 Å². The van der Waals surface area contributed by atoms with Crippen molar-refractivity contribution in [2.24, 2.45) is 17.8 Å². The minimum atomic E-state index is -0.728. The molecule has 2 aromatic rings. The maximum Gasteiger partial charge on any atom is 0.245 e. The third-order valence-electron chi connectivity index (χ3n) is 12.8. The van der Waals surface area contributed by atoms with Gasteiger partial charge in [0.2, 0.25) is 23.6 Å². The minimum Gasteiger partial charge on any atom is -0.379 e. The second-order valence-electron chi connectivity index (χ2n) is 17.6. The zero-order valence-corrected chi connectivity index (χ0v) is 38.6. The van der Waals surface area contributed by atoms with Gasteiger partial charge in [0.25, 0.3) is 0 Å². The van der Waals surface area contributed by atoms with Crippen LogP contribution < -0.4 is 5.32 Å². The molecule has 2 aliphatic rings. The van der Waals surface area contributed by atoms with E-state index in [1.807, 2.05) is 74.9 Å². The molecule has 2 aliphatic heterocycles. The molecule has 0 spiro atoms. The summed E-state index contributed by atoms with van der Waals surface area (Å²) in [7, 11) is 7.15. The Balaban J connectivity index is 1.42. The topological polar surface area (TPSA) is 106 Å². The fourth-order valence-electron chi connectivity index (χ4n) is 9.40. The second-order valence-corrected chi connectivity index (χ2v) is 18.7. The molecule has 0 saturated carbocycles. The number of nitrogens with one attached hydrogen (secondary N) is 1. The molecule has 7 atom stereocenters. The molecule has 2 heterocycles. The molecule has 2 fully saturated rings. The summed E-state index contributed by atoms with van der Waals surface area (Å²) >= 11 is 1.67. The number of hydrogen-bond acceptors (Lipinski definition) is 8. The van der Waals surface area contributed by atoms with E-state index in [0.717, 1.165) is 32.4 Å². The Morgan fingerprint density at radius 3 is 1.86 bits per heavy atom. The van der Waals surface area contributed by atoms with E-state index in [1.165, 1.54) is 11.1 Å². The van der Waals surface area contributed by atoms with E-state index in [4.69, 9.17) is 4.74 Å². The van der Waals surface area contributed by atoms with Crippen LogP contribution >= 0.6 is 11.8 Å². The first-order valence-electron chi connectivity index (χ1n) is 21.8. The van der Waals surface area contributed by atoms with Crippen molar-refractivity contribution in [2.75, 3.05) is 67.2 Å². The van der Waals surface area contributed by atoms with E-state index in [2.05, 4.69) is 72.6 Å². The summed E-state index contributed by atoms with van der Waals surface area (Å²) in [5.74, 6) is -0.292. The predicted octanol–water partition coefficient (Wildman–Crippen LogP) is 6.04. The zero-order valence-electron chi connectivity index (χ0n) is 37.8. The van der Waals surface area contributed by atoms with Gasteiger partial charge in [0.15, 0.2) is 0 Å². The monoisotopic (exact) mass is 835 g/mol. The maximum atomic E-state index is 14.3. The van der Waals surface area contributed by atoms with E-state index < -0.39 is 18.2 Å². The average molecular weight is 835 g/mol. The van der Waals surface area contributed by atoms with Crippen molar-refractivity contribution in [3.05, 3.63) is 71.8 Å².